The second-order valence-electron chi connectivity index (χ2n) is 7.82. The summed E-state index contributed by atoms with van der Waals surface area (Å²) in [5, 5.41) is 11.0. The maximum absolute atomic E-state index is 5.50. The fraction of sp³-hybridized carbons (Fsp3) is 0.375. The van der Waals surface area contributed by atoms with Gasteiger partial charge >= 0.3 is 0 Å². The van der Waals surface area contributed by atoms with Crippen molar-refractivity contribution in [3.05, 3.63) is 59.5 Å². The van der Waals surface area contributed by atoms with Gasteiger partial charge < -0.3 is 15.5 Å². The molecule has 1 fully saturated rings. The van der Waals surface area contributed by atoms with Crippen LogP contribution >= 0.6 is 23.6 Å². The van der Waals surface area contributed by atoms with E-state index in [0.717, 1.165) is 11.4 Å². The fourth-order valence-corrected chi connectivity index (χ4v) is 5.37. The molecule has 1 aromatic heterocycles. The number of likely N-dealkylation sites (tertiary alicyclic amines) is 1. The van der Waals surface area contributed by atoms with Crippen LogP contribution in [0.5, 0.6) is 0 Å². The van der Waals surface area contributed by atoms with Gasteiger partial charge in [-0.2, -0.15) is 0 Å². The highest BCUT2D eigenvalue weighted by Gasteiger charge is 2.22. The van der Waals surface area contributed by atoms with Gasteiger partial charge in [-0.05, 0) is 104 Å². The van der Waals surface area contributed by atoms with Crippen molar-refractivity contribution in [2.45, 2.75) is 38.5 Å². The Kier molecular flexibility index (Phi) is 6.80. The van der Waals surface area contributed by atoms with E-state index >= 15 is 0 Å². The molecule has 1 aliphatic rings. The molecule has 5 heteroatoms. The van der Waals surface area contributed by atoms with Crippen molar-refractivity contribution in [2.75, 3.05) is 30.3 Å². The number of thiocarbonyl (C=S) groups is 1. The maximum atomic E-state index is 5.50. The quantitative estimate of drug-likeness (QED) is 0.432. The predicted molar refractivity (Wildman–Crippen MR) is 131 cm³/mol. The zero-order valence-corrected chi connectivity index (χ0v) is 18.6. The monoisotopic (exact) mass is 423 g/mol. The minimum atomic E-state index is 0.622. The van der Waals surface area contributed by atoms with Crippen LogP contribution in [0.15, 0.2) is 53.9 Å². The van der Waals surface area contributed by atoms with Gasteiger partial charge in [0.1, 0.15) is 0 Å². The van der Waals surface area contributed by atoms with Crippen molar-refractivity contribution in [1.29, 1.82) is 0 Å². The third-order valence-electron chi connectivity index (χ3n) is 5.75. The van der Waals surface area contributed by atoms with E-state index in [9.17, 15) is 0 Å². The van der Waals surface area contributed by atoms with Crippen LogP contribution in [0.1, 0.15) is 44.1 Å². The van der Waals surface area contributed by atoms with Gasteiger partial charge in [-0.15, -0.1) is 11.3 Å². The number of piperidine rings is 1. The van der Waals surface area contributed by atoms with Crippen LogP contribution in [-0.4, -0.2) is 29.6 Å². The van der Waals surface area contributed by atoms with E-state index < -0.39 is 0 Å². The lowest BCUT2D eigenvalue weighted by molar-refractivity contribution is 0.210. The molecule has 0 unspecified atom stereocenters. The van der Waals surface area contributed by atoms with Gasteiger partial charge in [0.05, 0.1) is 0 Å². The molecule has 2 heterocycles. The Labute approximate surface area is 183 Å². The Hall–Kier alpha value is -1.95. The summed E-state index contributed by atoms with van der Waals surface area (Å²) in [6, 6.07) is 16.6. The summed E-state index contributed by atoms with van der Waals surface area (Å²) in [7, 11) is 0. The Balaban J connectivity index is 1.43. The number of benzene rings is 2. The Bertz CT molecular complexity index is 943. The van der Waals surface area contributed by atoms with E-state index in [2.05, 4.69) is 46.0 Å². The van der Waals surface area contributed by atoms with Gasteiger partial charge in [-0.3, -0.25) is 0 Å². The zero-order chi connectivity index (χ0) is 20.1. The molecule has 3 nitrogen and oxygen atoms in total. The number of rotatable bonds is 6. The largest absolute Gasteiger partial charge is 0.332 e. The first-order chi connectivity index (χ1) is 14.2. The lowest BCUT2D eigenvalue weighted by Gasteiger charge is -2.32. The zero-order valence-electron chi connectivity index (χ0n) is 17.0. The number of fused-ring (bicyclic) bond motifs is 1. The first kappa shape index (κ1) is 20.3. The molecule has 2 N–H and O–H groups in total. The molecule has 0 atom stereocenters. The number of hydrogen-bond donors (Lipinski definition) is 2. The number of para-hydroxylation sites is 1. The number of nitrogens with zero attached hydrogens (tertiary/aromatic N) is 1. The summed E-state index contributed by atoms with van der Waals surface area (Å²) >= 11 is 7.36. The molecule has 3 aromatic rings. The fourth-order valence-electron chi connectivity index (χ4n) is 4.11. The minimum absolute atomic E-state index is 0.622. The summed E-state index contributed by atoms with van der Waals surface area (Å²) in [6.45, 7) is 5.99. The van der Waals surface area contributed by atoms with Crippen molar-refractivity contribution in [3.63, 3.8) is 0 Å². The third-order valence-corrected chi connectivity index (χ3v) is 6.93. The minimum Gasteiger partial charge on any atom is -0.332 e. The molecule has 0 saturated carbocycles. The molecule has 2 aromatic carbocycles. The molecule has 4 rings (SSSR count). The number of unbranched alkanes of at least 4 members (excludes halogenated alkanes) is 1. The van der Waals surface area contributed by atoms with E-state index in [4.69, 9.17) is 12.2 Å². The summed E-state index contributed by atoms with van der Waals surface area (Å²) in [6.07, 6.45) is 5.13. The van der Waals surface area contributed by atoms with E-state index in [1.165, 1.54) is 61.0 Å². The molecule has 0 amide bonds. The van der Waals surface area contributed by atoms with Crippen molar-refractivity contribution >= 4 is 50.1 Å². The Morgan fingerprint density at radius 3 is 2.59 bits per heavy atom. The van der Waals surface area contributed by atoms with Gasteiger partial charge in [-0.25, -0.2) is 0 Å². The summed E-state index contributed by atoms with van der Waals surface area (Å²) in [4.78, 5) is 2.63. The average Bonchev–Trinajstić information content (AvgIpc) is 3.16. The highest BCUT2D eigenvalue weighted by Crippen LogP contribution is 2.38. The van der Waals surface area contributed by atoms with Crippen LogP contribution in [0.25, 0.3) is 10.1 Å². The summed E-state index contributed by atoms with van der Waals surface area (Å²) < 4.78 is 1.36. The van der Waals surface area contributed by atoms with Crippen molar-refractivity contribution in [1.82, 2.24) is 4.90 Å². The Morgan fingerprint density at radius 1 is 1.07 bits per heavy atom. The molecular weight excluding hydrogens is 394 g/mol. The topological polar surface area (TPSA) is 27.3 Å². The number of thiophene rings is 1. The lowest BCUT2D eigenvalue weighted by atomic mass is 9.89. The SMILES string of the molecule is CCCCN1CCC(c2csc3ccc(NC(=S)Nc4ccccc4)cc23)CC1. The van der Waals surface area contributed by atoms with Crippen LogP contribution < -0.4 is 10.6 Å². The number of nitrogens with one attached hydrogen (secondary N) is 2. The van der Waals surface area contributed by atoms with Gasteiger partial charge in [0, 0.05) is 16.1 Å². The molecule has 0 bridgehead atoms. The molecule has 29 heavy (non-hydrogen) atoms. The van der Waals surface area contributed by atoms with E-state index in [0.29, 0.717) is 11.0 Å². The molecule has 0 spiro atoms. The van der Waals surface area contributed by atoms with Gasteiger partial charge in [0.25, 0.3) is 0 Å². The van der Waals surface area contributed by atoms with E-state index in [1.807, 2.05) is 41.7 Å². The smallest absolute Gasteiger partial charge is 0.175 e. The third kappa shape index (κ3) is 5.16. The van der Waals surface area contributed by atoms with Gasteiger partial charge in [0.2, 0.25) is 0 Å². The lowest BCUT2D eigenvalue weighted by Crippen LogP contribution is -2.33. The van der Waals surface area contributed by atoms with Gasteiger partial charge in [-0.1, -0.05) is 31.5 Å². The van der Waals surface area contributed by atoms with Gasteiger partial charge in [0.15, 0.2) is 5.11 Å². The molecule has 152 valence electrons. The molecule has 1 aliphatic heterocycles. The maximum Gasteiger partial charge on any atom is 0.175 e. The normalized spacial score (nSPS) is 15.5. The molecule has 0 radical (unpaired) electrons. The van der Waals surface area contributed by atoms with Crippen LogP contribution in [0.3, 0.4) is 0 Å². The molecular formula is C24H29N3S2. The van der Waals surface area contributed by atoms with Crippen LogP contribution in [-0.2, 0) is 0 Å². The van der Waals surface area contributed by atoms with E-state index in [1.54, 1.807) is 0 Å². The second kappa shape index (κ2) is 9.70. The van der Waals surface area contributed by atoms with E-state index in [-0.39, 0.29) is 0 Å². The molecule has 0 aliphatic carbocycles. The number of hydrogen-bond acceptors (Lipinski definition) is 3. The van der Waals surface area contributed by atoms with Crippen LogP contribution in [0.4, 0.5) is 11.4 Å². The molecule has 1 saturated heterocycles. The highest BCUT2D eigenvalue weighted by molar-refractivity contribution is 7.80. The highest BCUT2D eigenvalue weighted by atomic mass is 32.1. The van der Waals surface area contributed by atoms with Crippen LogP contribution in [0, 0.1) is 0 Å². The average molecular weight is 424 g/mol. The van der Waals surface area contributed by atoms with Crippen molar-refractivity contribution in [3.8, 4) is 0 Å². The first-order valence-electron chi connectivity index (χ1n) is 10.6. The number of anilines is 2. The first-order valence-corrected chi connectivity index (χ1v) is 11.9. The van der Waals surface area contributed by atoms with Crippen LogP contribution in [0.2, 0.25) is 0 Å². The summed E-state index contributed by atoms with van der Waals surface area (Å²) in [5.74, 6) is 0.672. The van der Waals surface area contributed by atoms with Crippen molar-refractivity contribution < 1.29 is 0 Å². The standard InChI is InChI=1S/C24H29N3S2/c1-2-3-13-27-14-11-18(12-15-27)22-17-29-23-10-9-20(16-21(22)23)26-24(28)25-19-7-5-4-6-8-19/h4-10,16-18H,2-3,11-15H2,1H3,(H2,25,26,28). The Morgan fingerprint density at radius 2 is 1.83 bits per heavy atom. The van der Waals surface area contributed by atoms with Crippen molar-refractivity contribution in [2.24, 2.45) is 0 Å². The summed E-state index contributed by atoms with van der Waals surface area (Å²) in [5.41, 5.74) is 3.56. The predicted octanol–water partition coefficient (Wildman–Crippen LogP) is 6.69. The second-order valence-corrected chi connectivity index (χ2v) is 9.14.